The summed E-state index contributed by atoms with van der Waals surface area (Å²) in [6, 6.07) is 6.55. The Bertz CT molecular complexity index is 353. The van der Waals surface area contributed by atoms with E-state index < -0.39 is 13.0 Å². The van der Waals surface area contributed by atoms with Crippen molar-refractivity contribution in [2.24, 2.45) is 5.16 Å². The topological polar surface area (TPSA) is 41.8 Å². The molecule has 1 N–H and O–H groups in total. The smallest absolute Gasteiger partial charge is 0.272 e. The highest BCUT2D eigenvalue weighted by Gasteiger charge is 2.09. The Morgan fingerprint density at radius 3 is 2.73 bits per heavy atom. The van der Waals surface area contributed by atoms with Crippen molar-refractivity contribution < 1.29 is 18.7 Å². The van der Waals surface area contributed by atoms with E-state index >= 15 is 0 Å². The maximum atomic E-state index is 11.9. The summed E-state index contributed by atoms with van der Waals surface area (Å²) in [5, 5.41) is 11.6. The lowest BCUT2D eigenvalue weighted by Gasteiger charge is -2.09. The number of oxime groups is 1. The van der Waals surface area contributed by atoms with Gasteiger partial charge < -0.3 is 9.94 Å². The van der Waals surface area contributed by atoms with Gasteiger partial charge in [-0.05, 0) is 19.1 Å². The van der Waals surface area contributed by atoms with Gasteiger partial charge in [0.1, 0.15) is 12.4 Å². The number of alkyl halides is 2. The highest BCUT2D eigenvalue weighted by Crippen LogP contribution is 2.19. The third kappa shape index (κ3) is 3.19. The molecule has 0 saturated heterocycles. The van der Waals surface area contributed by atoms with Gasteiger partial charge in [-0.25, -0.2) is 8.78 Å². The van der Waals surface area contributed by atoms with Crippen LogP contribution in [0.25, 0.3) is 0 Å². The number of para-hydroxylation sites is 1. The van der Waals surface area contributed by atoms with E-state index in [-0.39, 0.29) is 5.75 Å². The lowest BCUT2D eigenvalue weighted by molar-refractivity contribution is 0.0818. The normalized spacial score (nSPS) is 11.9. The second-order valence-corrected chi connectivity index (χ2v) is 2.88. The summed E-state index contributed by atoms with van der Waals surface area (Å²) in [7, 11) is 0. The second-order valence-electron chi connectivity index (χ2n) is 2.88. The van der Waals surface area contributed by atoms with Crippen molar-refractivity contribution in [3.63, 3.8) is 0 Å². The van der Waals surface area contributed by atoms with Crippen molar-refractivity contribution in [3.05, 3.63) is 29.8 Å². The predicted octanol–water partition coefficient (Wildman–Crippen LogP) is 2.53. The molecule has 0 spiro atoms. The summed E-state index contributed by atoms with van der Waals surface area (Å²) in [6.07, 6.45) is -2.52. The minimum atomic E-state index is -2.52. The lowest BCUT2D eigenvalue weighted by atomic mass is 10.1. The molecular formula is C10H11F2NO2. The van der Waals surface area contributed by atoms with Gasteiger partial charge in [0.05, 0.1) is 5.71 Å². The Hall–Kier alpha value is -1.65. The molecular weight excluding hydrogens is 204 g/mol. The van der Waals surface area contributed by atoms with Gasteiger partial charge in [0.15, 0.2) is 0 Å². The first-order chi connectivity index (χ1) is 7.15. The lowest BCUT2D eigenvalue weighted by Crippen LogP contribution is -2.09. The van der Waals surface area contributed by atoms with Gasteiger partial charge in [-0.2, -0.15) is 0 Å². The second kappa shape index (κ2) is 5.29. The Kier molecular flexibility index (Phi) is 4.03. The zero-order chi connectivity index (χ0) is 11.3. The van der Waals surface area contributed by atoms with Crippen molar-refractivity contribution in [1.29, 1.82) is 0 Å². The van der Waals surface area contributed by atoms with Gasteiger partial charge in [0.25, 0.3) is 6.43 Å². The highest BCUT2D eigenvalue weighted by molar-refractivity contribution is 6.00. The third-order valence-electron chi connectivity index (χ3n) is 1.79. The van der Waals surface area contributed by atoms with Crippen LogP contribution in [-0.2, 0) is 0 Å². The van der Waals surface area contributed by atoms with E-state index in [0.717, 1.165) is 0 Å². The van der Waals surface area contributed by atoms with Crippen LogP contribution >= 0.6 is 0 Å². The number of hydrogen-bond donors (Lipinski definition) is 1. The average molecular weight is 215 g/mol. The molecule has 0 unspecified atom stereocenters. The SMILES string of the molecule is C/C(=N\O)c1ccccc1OCC(F)F. The van der Waals surface area contributed by atoms with Crippen molar-refractivity contribution in [1.82, 2.24) is 0 Å². The third-order valence-corrected chi connectivity index (χ3v) is 1.79. The summed E-state index contributed by atoms with van der Waals surface area (Å²) >= 11 is 0. The molecule has 0 radical (unpaired) electrons. The van der Waals surface area contributed by atoms with Crippen LogP contribution in [-0.4, -0.2) is 24.0 Å². The quantitative estimate of drug-likeness (QED) is 0.476. The van der Waals surface area contributed by atoms with E-state index in [1.165, 1.54) is 0 Å². The minimum Gasteiger partial charge on any atom is -0.487 e. The first kappa shape index (κ1) is 11.4. The molecule has 3 nitrogen and oxygen atoms in total. The molecule has 1 aromatic rings. The van der Waals surface area contributed by atoms with E-state index in [1.54, 1.807) is 31.2 Å². The van der Waals surface area contributed by atoms with E-state index in [2.05, 4.69) is 5.16 Å². The number of nitrogens with zero attached hydrogens (tertiary/aromatic N) is 1. The molecule has 0 fully saturated rings. The first-order valence-corrected chi connectivity index (χ1v) is 4.34. The van der Waals surface area contributed by atoms with Crippen molar-refractivity contribution in [2.75, 3.05) is 6.61 Å². The Morgan fingerprint density at radius 1 is 1.47 bits per heavy atom. The van der Waals surface area contributed by atoms with E-state index in [4.69, 9.17) is 9.94 Å². The van der Waals surface area contributed by atoms with Gasteiger partial charge in [-0.3, -0.25) is 0 Å². The molecule has 0 aromatic heterocycles. The molecule has 0 aliphatic carbocycles. The molecule has 15 heavy (non-hydrogen) atoms. The van der Waals surface area contributed by atoms with Crippen LogP contribution in [0.1, 0.15) is 12.5 Å². The summed E-state index contributed by atoms with van der Waals surface area (Å²) in [4.78, 5) is 0. The number of hydrogen-bond acceptors (Lipinski definition) is 3. The van der Waals surface area contributed by atoms with Crippen molar-refractivity contribution in [3.8, 4) is 5.75 Å². The highest BCUT2D eigenvalue weighted by atomic mass is 19.3. The Morgan fingerprint density at radius 2 is 2.13 bits per heavy atom. The Balaban J connectivity index is 2.87. The van der Waals surface area contributed by atoms with E-state index in [0.29, 0.717) is 11.3 Å². The molecule has 0 amide bonds. The van der Waals surface area contributed by atoms with Crippen LogP contribution in [0.2, 0.25) is 0 Å². The average Bonchev–Trinajstić information content (AvgIpc) is 2.25. The van der Waals surface area contributed by atoms with Crippen LogP contribution in [0.15, 0.2) is 29.4 Å². The first-order valence-electron chi connectivity index (χ1n) is 4.34. The molecule has 0 aliphatic rings. The largest absolute Gasteiger partial charge is 0.487 e. The van der Waals surface area contributed by atoms with Crippen LogP contribution in [0, 0.1) is 0 Å². The molecule has 0 heterocycles. The van der Waals surface area contributed by atoms with Crippen molar-refractivity contribution in [2.45, 2.75) is 13.3 Å². The molecule has 1 aromatic carbocycles. The maximum Gasteiger partial charge on any atom is 0.272 e. The van der Waals surface area contributed by atoms with E-state index in [9.17, 15) is 8.78 Å². The van der Waals surface area contributed by atoms with Crippen molar-refractivity contribution >= 4 is 5.71 Å². The number of rotatable bonds is 4. The summed E-state index contributed by atoms with van der Waals surface area (Å²) < 4.78 is 28.7. The molecule has 82 valence electrons. The van der Waals surface area contributed by atoms with Gasteiger partial charge >= 0.3 is 0 Å². The molecule has 1 rings (SSSR count). The van der Waals surface area contributed by atoms with Crippen LogP contribution in [0.3, 0.4) is 0 Å². The van der Waals surface area contributed by atoms with Gasteiger partial charge in [-0.1, -0.05) is 17.3 Å². The van der Waals surface area contributed by atoms with E-state index in [1.807, 2.05) is 0 Å². The molecule has 0 atom stereocenters. The monoisotopic (exact) mass is 215 g/mol. The minimum absolute atomic E-state index is 0.285. The van der Waals surface area contributed by atoms with Crippen LogP contribution in [0.5, 0.6) is 5.75 Å². The van der Waals surface area contributed by atoms with Crippen LogP contribution < -0.4 is 4.74 Å². The van der Waals surface area contributed by atoms with Gasteiger partial charge in [0, 0.05) is 5.56 Å². The van der Waals surface area contributed by atoms with Gasteiger partial charge in [0.2, 0.25) is 0 Å². The Labute approximate surface area is 86.0 Å². The fraction of sp³-hybridized carbons (Fsp3) is 0.300. The predicted molar refractivity (Wildman–Crippen MR) is 51.9 cm³/mol. The number of benzene rings is 1. The zero-order valence-electron chi connectivity index (χ0n) is 8.15. The number of halogens is 2. The summed E-state index contributed by atoms with van der Waals surface area (Å²) in [5.74, 6) is 0.285. The fourth-order valence-corrected chi connectivity index (χ4v) is 1.10. The fourth-order valence-electron chi connectivity index (χ4n) is 1.10. The molecule has 5 heteroatoms. The molecule has 0 saturated carbocycles. The standard InChI is InChI=1S/C10H11F2NO2/c1-7(13-14)8-4-2-3-5-9(8)15-6-10(11)12/h2-5,10,14H,6H2,1H3/b13-7+. The molecule has 0 bridgehead atoms. The zero-order valence-corrected chi connectivity index (χ0v) is 8.15. The number of ether oxygens (including phenoxy) is 1. The van der Waals surface area contributed by atoms with Crippen LogP contribution in [0.4, 0.5) is 8.78 Å². The maximum absolute atomic E-state index is 11.9. The van der Waals surface area contributed by atoms with Gasteiger partial charge in [-0.15, -0.1) is 0 Å². The summed E-state index contributed by atoms with van der Waals surface area (Å²) in [5.41, 5.74) is 0.820. The summed E-state index contributed by atoms with van der Waals surface area (Å²) in [6.45, 7) is 0.889. The molecule has 0 aliphatic heterocycles.